The van der Waals surface area contributed by atoms with Crippen LogP contribution in [-0.4, -0.2) is 47.2 Å². The Morgan fingerprint density at radius 2 is 0.705 bits per heavy atom. The molecule has 5 nitrogen and oxygen atoms in total. The van der Waals surface area contributed by atoms with Crippen LogP contribution < -0.4 is 0 Å². The van der Waals surface area contributed by atoms with Crippen molar-refractivity contribution in [3.8, 4) is 0 Å². The molecule has 0 aromatic rings. The molecule has 0 bridgehead atoms. The number of hydrogen-bond acceptors (Lipinski definition) is 5. The summed E-state index contributed by atoms with van der Waals surface area (Å²) in [4.78, 5) is 0. The Kier molecular flexibility index (Phi) is 35.5. The molecule has 0 aromatic carbocycles. The van der Waals surface area contributed by atoms with E-state index < -0.39 is 10.1 Å². The molecule has 44 heavy (non-hydrogen) atoms. The molecule has 0 fully saturated rings. The fourth-order valence-electron chi connectivity index (χ4n) is 5.86. The van der Waals surface area contributed by atoms with Crippen molar-refractivity contribution in [1.29, 1.82) is 0 Å². The van der Waals surface area contributed by atoms with Gasteiger partial charge in [0.1, 0.15) is 6.10 Å². The summed E-state index contributed by atoms with van der Waals surface area (Å²) in [7, 11) is -3.48. The van der Waals surface area contributed by atoms with Gasteiger partial charge >= 0.3 is 0 Å². The quantitative estimate of drug-likeness (QED) is 0.0493. The van der Waals surface area contributed by atoms with E-state index in [4.69, 9.17) is 13.7 Å². The molecule has 0 saturated heterocycles. The van der Waals surface area contributed by atoms with Gasteiger partial charge in [0.2, 0.25) is 0 Å². The van der Waals surface area contributed by atoms with Gasteiger partial charge in [-0.25, -0.2) is 0 Å². The third-order valence-corrected chi connectivity index (χ3v) is 9.33. The molecule has 0 aliphatic carbocycles. The average Bonchev–Trinajstić information content (AvgIpc) is 3.00. The molecule has 0 unspecified atom stereocenters. The maximum absolute atomic E-state index is 11.5. The minimum absolute atomic E-state index is 0.0381. The lowest BCUT2D eigenvalue weighted by molar-refractivity contribution is -0.0377. The molecule has 0 aliphatic rings. The van der Waals surface area contributed by atoms with Crippen molar-refractivity contribution in [2.45, 2.75) is 213 Å². The minimum atomic E-state index is -3.48. The van der Waals surface area contributed by atoms with Crippen LogP contribution in [0.3, 0.4) is 0 Å². The normalized spacial score (nSPS) is 12.7. The third kappa shape index (κ3) is 38.0. The van der Waals surface area contributed by atoms with E-state index in [1.807, 2.05) is 0 Å². The lowest BCUT2D eigenvalue weighted by Gasteiger charge is -2.17. The zero-order chi connectivity index (χ0) is 32.2. The minimum Gasteiger partial charge on any atom is -0.379 e. The highest BCUT2D eigenvalue weighted by Gasteiger charge is 2.13. The molecular formula is C38H78O5S. The second kappa shape index (κ2) is 35.7. The highest BCUT2D eigenvalue weighted by Crippen LogP contribution is 2.15. The third-order valence-electron chi connectivity index (χ3n) is 8.77. The summed E-state index contributed by atoms with van der Waals surface area (Å²) < 4.78 is 39.8. The first-order valence-electron chi connectivity index (χ1n) is 19.5. The second-order valence-electron chi connectivity index (χ2n) is 13.5. The molecule has 0 amide bonds. The van der Waals surface area contributed by atoms with E-state index in [1.54, 1.807) is 0 Å². The van der Waals surface area contributed by atoms with E-state index in [0.717, 1.165) is 25.5 Å². The first-order valence-corrected chi connectivity index (χ1v) is 21.3. The lowest BCUT2D eigenvalue weighted by atomic mass is 10.0. The lowest BCUT2D eigenvalue weighted by Crippen LogP contribution is -2.27. The summed E-state index contributed by atoms with van der Waals surface area (Å²) in [5, 5.41) is 0. The standard InChI is InChI=1S/C38H78O5S/c1-4-6-8-10-12-14-16-18-20-21-22-24-26-28-30-32-34-41-36-38(37-43-44(3,39)40)42-35-33-31-29-27-25-23-19-17-15-13-11-9-7-5-2/h38H,4-37H2,1-3H3/t38-/m1/s1. The fourth-order valence-corrected chi connectivity index (χ4v) is 6.26. The van der Waals surface area contributed by atoms with Crippen LogP contribution in [0.15, 0.2) is 0 Å². The van der Waals surface area contributed by atoms with Crippen molar-refractivity contribution in [2.24, 2.45) is 0 Å². The molecule has 0 aromatic heterocycles. The molecule has 1 atom stereocenters. The highest BCUT2D eigenvalue weighted by atomic mass is 32.2. The summed E-state index contributed by atoms with van der Waals surface area (Å²) in [6.07, 6.45) is 41.1. The van der Waals surface area contributed by atoms with Gasteiger partial charge in [-0.15, -0.1) is 0 Å². The summed E-state index contributed by atoms with van der Waals surface area (Å²) >= 11 is 0. The van der Waals surface area contributed by atoms with E-state index >= 15 is 0 Å². The summed E-state index contributed by atoms with van der Waals surface area (Å²) in [5.74, 6) is 0. The predicted molar refractivity (Wildman–Crippen MR) is 191 cm³/mol. The Labute approximate surface area is 276 Å². The molecule has 0 radical (unpaired) electrons. The molecule has 0 N–H and O–H groups in total. The zero-order valence-electron chi connectivity index (χ0n) is 30.1. The van der Waals surface area contributed by atoms with Crippen molar-refractivity contribution in [2.75, 3.05) is 32.7 Å². The van der Waals surface area contributed by atoms with E-state index in [9.17, 15) is 8.42 Å². The smallest absolute Gasteiger partial charge is 0.264 e. The van der Waals surface area contributed by atoms with Crippen molar-refractivity contribution in [3.63, 3.8) is 0 Å². The van der Waals surface area contributed by atoms with Crippen LogP contribution in [0.1, 0.15) is 206 Å². The topological polar surface area (TPSA) is 61.8 Å². The first kappa shape index (κ1) is 43.8. The van der Waals surface area contributed by atoms with Gasteiger partial charge in [-0.05, 0) is 12.8 Å². The SMILES string of the molecule is CCCCCCCCCCCCCCCCCCOC[C@H](COS(C)(=O)=O)OCCCCCCCCCCCCCCCC. The van der Waals surface area contributed by atoms with Gasteiger partial charge in [-0.2, -0.15) is 8.42 Å². The first-order chi connectivity index (χ1) is 21.5. The van der Waals surface area contributed by atoms with E-state index in [1.165, 1.54) is 173 Å². The average molecular weight is 647 g/mol. The van der Waals surface area contributed by atoms with Crippen LogP contribution in [0.5, 0.6) is 0 Å². The van der Waals surface area contributed by atoms with Gasteiger partial charge in [-0.3, -0.25) is 4.18 Å². The van der Waals surface area contributed by atoms with Gasteiger partial charge in [0.25, 0.3) is 10.1 Å². The van der Waals surface area contributed by atoms with Gasteiger partial charge in [-0.1, -0.05) is 194 Å². The number of ether oxygens (including phenoxy) is 2. The number of rotatable bonds is 38. The Bertz CT molecular complexity index is 639. The van der Waals surface area contributed by atoms with E-state index in [2.05, 4.69) is 13.8 Å². The summed E-state index contributed by atoms with van der Waals surface area (Å²) in [5.41, 5.74) is 0. The molecule has 6 heteroatoms. The predicted octanol–water partition coefficient (Wildman–Crippen LogP) is 12.1. The van der Waals surface area contributed by atoms with Crippen molar-refractivity contribution in [1.82, 2.24) is 0 Å². The number of unbranched alkanes of at least 4 members (excludes halogenated alkanes) is 28. The zero-order valence-corrected chi connectivity index (χ0v) is 30.9. The van der Waals surface area contributed by atoms with Gasteiger partial charge in [0.15, 0.2) is 0 Å². The van der Waals surface area contributed by atoms with Crippen LogP contribution in [0, 0.1) is 0 Å². The Morgan fingerprint density at radius 3 is 1.02 bits per heavy atom. The molecule has 0 spiro atoms. The maximum atomic E-state index is 11.5. The van der Waals surface area contributed by atoms with Crippen LogP contribution >= 0.6 is 0 Å². The van der Waals surface area contributed by atoms with Crippen LogP contribution in [0.4, 0.5) is 0 Å². The Hall–Kier alpha value is -0.170. The van der Waals surface area contributed by atoms with Crippen molar-refractivity contribution in [3.05, 3.63) is 0 Å². The summed E-state index contributed by atoms with van der Waals surface area (Å²) in [6, 6.07) is 0. The highest BCUT2D eigenvalue weighted by molar-refractivity contribution is 7.85. The van der Waals surface area contributed by atoms with Crippen LogP contribution in [0.2, 0.25) is 0 Å². The number of hydrogen-bond donors (Lipinski definition) is 0. The molecular weight excluding hydrogens is 568 g/mol. The van der Waals surface area contributed by atoms with E-state index in [-0.39, 0.29) is 12.7 Å². The summed E-state index contributed by atoms with van der Waals surface area (Å²) in [6.45, 7) is 6.34. The van der Waals surface area contributed by atoms with Crippen molar-refractivity contribution >= 4 is 10.1 Å². The molecule has 0 rings (SSSR count). The van der Waals surface area contributed by atoms with E-state index in [0.29, 0.717) is 19.8 Å². The van der Waals surface area contributed by atoms with Crippen LogP contribution in [0.25, 0.3) is 0 Å². The second-order valence-corrected chi connectivity index (χ2v) is 15.1. The Morgan fingerprint density at radius 1 is 0.409 bits per heavy atom. The maximum Gasteiger partial charge on any atom is 0.264 e. The van der Waals surface area contributed by atoms with Gasteiger partial charge in [0, 0.05) is 13.2 Å². The van der Waals surface area contributed by atoms with Crippen LogP contribution in [-0.2, 0) is 23.8 Å². The van der Waals surface area contributed by atoms with Gasteiger partial charge < -0.3 is 9.47 Å². The molecule has 0 saturated carbocycles. The monoisotopic (exact) mass is 647 g/mol. The molecule has 266 valence electrons. The molecule has 0 aliphatic heterocycles. The largest absolute Gasteiger partial charge is 0.379 e. The Balaban J connectivity index is 3.63. The van der Waals surface area contributed by atoms with Gasteiger partial charge in [0.05, 0.1) is 19.5 Å². The fraction of sp³-hybridized carbons (Fsp3) is 1.00. The molecule has 0 heterocycles. The van der Waals surface area contributed by atoms with Crippen molar-refractivity contribution < 1.29 is 22.1 Å².